The van der Waals surface area contributed by atoms with Crippen LogP contribution in [-0.2, 0) is 30.2 Å². The Hall–Kier alpha value is -2.39. The third-order valence-electron chi connectivity index (χ3n) is 5.69. The predicted molar refractivity (Wildman–Crippen MR) is 112 cm³/mol. The van der Waals surface area contributed by atoms with E-state index in [-0.39, 0.29) is 35.3 Å². The summed E-state index contributed by atoms with van der Waals surface area (Å²) in [5, 5.41) is 10.4. The summed E-state index contributed by atoms with van der Waals surface area (Å²) in [7, 11) is -1.18. The molecule has 1 aromatic rings. The van der Waals surface area contributed by atoms with Crippen LogP contribution in [0.1, 0.15) is 61.4 Å². The lowest BCUT2D eigenvalue weighted by atomic mass is 9.64. The fraction of sp³-hybridized carbons (Fsp3) is 0.591. The number of benzene rings is 1. The number of rotatable bonds is 9. The molecule has 0 aromatic heterocycles. The average Bonchev–Trinajstić information content (AvgIpc) is 2.78. The number of hydrogen-bond acceptors (Lipinski definition) is 8. The van der Waals surface area contributed by atoms with Crippen LogP contribution in [0.3, 0.4) is 0 Å². The number of fused-ring (bicyclic) bond motifs is 1. The molecule has 0 unspecified atom stereocenters. The van der Waals surface area contributed by atoms with Gasteiger partial charge in [0.05, 0.1) is 5.92 Å². The summed E-state index contributed by atoms with van der Waals surface area (Å²) in [5.74, 6) is -1.38. The van der Waals surface area contributed by atoms with Crippen molar-refractivity contribution in [2.45, 2.75) is 57.7 Å². The third-order valence-corrected chi connectivity index (χ3v) is 5.69. The maximum absolute atomic E-state index is 12.5. The molecule has 2 aliphatic heterocycles. The molecule has 0 spiro atoms. The first-order valence-electron chi connectivity index (χ1n) is 10.9. The maximum Gasteiger partial charge on any atom is 0.526 e. The average molecular weight is 432 g/mol. The second kappa shape index (κ2) is 11.3. The Morgan fingerprint density at radius 2 is 1.97 bits per heavy atom. The normalized spacial score (nSPS) is 18.6. The van der Waals surface area contributed by atoms with Gasteiger partial charge in [-0.2, -0.15) is 0 Å². The Labute approximate surface area is 182 Å². The highest BCUT2D eigenvalue weighted by molar-refractivity contribution is 6.47. The Morgan fingerprint density at radius 1 is 1.19 bits per heavy atom. The van der Waals surface area contributed by atoms with E-state index in [0.29, 0.717) is 38.9 Å². The summed E-state index contributed by atoms with van der Waals surface area (Å²) in [4.78, 5) is 36.6. The number of para-hydroxylation sites is 1. The second-order valence-corrected chi connectivity index (χ2v) is 8.01. The number of carbonyl (C=O) groups is 3. The van der Waals surface area contributed by atoms with Crippen molar-refractivity contribution in [3.05, 3.63) is 29.3 Å². The van der Waals surface area contributed by atoms with E-state index in [0.717, 1.165) is 18.4 Å². The highest BCUT2D eigenvalue weighted by atomic mass is 16.7. The van der Waals surface area contributed by atoms with Crippen molar-refractivity contribution in [2.75, 3.05) is 20.0 Å². The lowest BCUT2D eigenvalue weighted by Gasteiger charge is -2.28. The van der Waals surface area contributed by atoms with Crippen molar-refractivity contribution in [3.8, 4) is 5.75 Å². The molecule has 0 radical (unpaired) electrons. The van der Waals surface area contributed by atoms with E-state index in [9.17, 15) is 19.4 Å². The first-order valence-corrected chi connectivity index (χ1v) is 10.9. The fourth-order valence-electron chi connectivity index (χ4n) is 3.86. The van der Waals surface area contributed by atoms with Crippen LogP contribution in [-0.4, -0.2) is 49.9 Å². The number of hydrogen-bond donors (Lipinski definition) is 1. The minimum absolute atomic E-state index is 0.0971. The van der Waals surface area contributed by atoms with Gasteiger partial charge in [-0.15, -0.1) is 0 Å². The van der Waals surface area contributed by atoms with Crippen molar-refractivity contribution < 1.29 is 38.3 Å². The van der Waals surface area contributed by atoms with Gasteiger partial charge in [-0.1, -0.05) is 25.5 Å². The summed E-state index contributed by atoms with van der Waals surface area (Å²) in [6.07, 6.45) is 4.10. The number of esters is 2. The molecule has 1 aromatic carbocycles. The maximum atomic E-state index is 12.5. The van der Waals surface area contributed by atoms with Crippen molar-refractivity contribution in [1.82, 2.24) is 0 Å². The SMILES string of the molecule is CCCCC(=O)C[C@H]1Cc2cccc(C(=O)OCOC(=O)C3CCOCC3)c2OB1O. The van der Waals surface area contributed by atoms with E-state index in [1.807, 2.05) is 6.92 Å². The van der Waals surface area contributed by atoms with Crippen molar-refractivity contribution >= 4 is 24.8 Å². The third kappa shape index (κ3) is 6.30. The van der Waals surface area contributed by atoms with Crippen LogP contribution in [0.5, 0.6) is 5.75 Å². The quantitative estimate of drug-likeness (QED) is 0.361. The van der Waals surface area contributed by atoms with Gasteiger partial charge in [-0.05, 0) is 37.3 Å². The first-order chi connectivity index (χ1) is 15.0. The van der Waals surface area contributed by atoms with Crippen molar-refractivity contribution in [3.63, 3.8) is 0 Å². The summed E-state index contributed by atoms with van der Waals surface area (Å²) in [6, 6.07) is 5.02. The summed E-state index contributed by atoms with van der Waals surface area (Å²) in [5.41, 5.74) is 0.877. The van der Waals surface area contributed by atoms with Crippen LogP contribution in [0.15, 0.2) is 18.2 Å². The largest absolute Gasteiger partial charge is 0.535 e. The Balaban J connectivity index is 1.56. The second-order valence-electron chi connectivity index (χ2n) is 8.01. The molecule has 0 bridgehead atoms. The lowest BCUT2D eigenvalue weighted by molar-refractivity contribution is -0.160. The highest BCUT2D eigenvalue weighted by Gasteiger charge is 2.37. The van der Waals surface area contributed by atoms with E-state index in [1.54, 1.807) is 12.1 Å². The molecule has 31 heavy (non-hydrogen) atoms. The molecule has 0 amide bonds. The molecule has 3 rings (SSSR count). The Kier molecular flexibility index (Phi) is 8.48. The minimum atomic E-state index is -1.18. The van der Waals surface area contributed by atoms with E-state index in [1.165, 1.54) is 6.07 Å². The Morgan fingerprint density at radius 3 is 2.71 bits per heavy atom. The predicted octanol–water partition coefficient (Wildman–Crippen LogP) is 2.71. The van der Waals surface area contributed by atoms with Crippen LogP contribution in [0.4, 0.5) is 0 Å². The number of carbonyl (C=O) groups excluding carboxylic acids is 3. The van der Waals surface area contributed by atoms with Crippen LogP contribution < -0.4 is 4.65 Å². The molecule has 1 fully saturated rings. The van der Waals surface area contributed by atoms with Gasteiger partial charge < -0.3 is 23.9 Å². The molecule has 0 saturated carbocycles. The topological polar surface area (TPSA) is 108 Å². The number of Topliss-reactive ketones (excluding diaryl/α,β-unsaturated/α-hetero) is 1. The zero-order valence-electron chi connectivity index (χ0n) is 17.8. The van der Waals surface area contributed by atoms with Crippen LogP contribution in [0.25, 0.3) is 0 Å². The monoisotopic (exact) mass is 432 g/mol. The molecule has 8 nitrogen and oxygen atoms in total. The molecule has 9 heteroatoms. The minimum Gasteiger partial charge on any atom is -0.535 e. The molecule has 0 aliphatic carbocycles. The summed E-state index contributed by atoms with van der Waals surface area (Å²) in [6.45, 7) is 2.56. The summed E-state index contributed by atoms with van der Waals surface area (Å²) < 4.78 is 21.0. The highest BCUT2D eigenvalue weighted by Crippen LogP contribution is 2.36. The van der Waals surface area contributed by atoms with Gasteiger partial charge in [0.15, 0.2) is 0 Å². The van der Waals surface area contributed by atoms with E-state index in [2.05, 4.69) is 0 Å². The van der Waals surface area contributed by atoms with Gasteiger partial charge >= 0.3 is 19.1 Å². The lowest BCUT2D eigenvalue weighted by Crippen LogP contribution is -2.36. The number of ketones is 1. The molecule has 168 valence electrons. The zero-order valence-corrected chi connectivity index (χ0v) is 17.8. The molecule has 2 heterocycles. The van der Waals surface area contributed by atoms with Crippen LogP contribution in [0.2, 0.25) is 5.82 Å². The van der Waals surface area contributed by atoms with Crippen LogP contribution in [0, 0.1) is 5.92 Å². The summed E-state index contributed by atoms with van der Waals surface area (Å²) >= 11 is 0. The standard InChI is InChI=1S/C22H29BO8/c1-2-3-6-18(24)13-17-12-16-5-4-7-19(20(16)31-23(17)27)22(26)30-14-29-21(25)15-8-10-28-11-9-15/h4-5,7,15,17,27H,2-3,6,8-14H2,1H3/t17-/m1/s1. The van der Waals surface area contributed by atoms with Gasteiger partial charge in [-0.25, -0.2) is 4.79 Å². The Bertz CT molecular complexity index is 790. The zero-order chi connectivity index (χ0) is 22.2. The van der Waals surface area contributed by atoms with Gasteiger partial charge in [-0.3, -0.25) is 9.59 Å². The van der Waals surface area contributed by atoms with Crippen molar-refractivity contribution in [1.29, 1.82) is 0 Å². The molecular weight excluding hydrogens is 403 g/mol. The number of unbranched alkanes of at least 4 members (excludes halogenated alkanes) is 1. The molecular formula is C22H29BO8. The molecule has 2 aliphatic rings. The van der Waals surface area contributed by atoms with Crippen LogP contribution >= 0.6 is 0 Å². The number of ether oxygens (including phenoxy) is 3. The van der Waals surface area contributed by atoms with Gasteiger partial charge in [0.1, 0.15) is 17.1 Å². The molecule has 1 saturated heterocycles. The van der Waals surface area contributed by atoms with Gasteiger partial charge in [0, 0.05) is 31.9 Å². The van der Waals surface area contributed by atoms with Gasteiger partial charge in [0.25, 0.3) is 0 Å². The smallest absolute Gasteiger partial charge is 0.526 e. The molecule has 1 atom stereocenters. The van der Waals surface area contributed by atoms with E-state index >= 15 is 0 Å². The van der Waals surface area contributed by atoms with Crippen molar-refractivity contribution in [2.24, 2.45) is 5.92 Å². The van der Waals surface area contributed by atoms with Gasteiger partial charge in [0.2, 0.25) is 6.79 Å². The fourth-order valence-corrected chi connectivity index (χ4v) is 3.86. The first kappa shape index (κ1) is 23.3. The van der Waals surface area contributed by atoms with E-state index < -0.39 is 25.8 Å². The van der Waals surface area contributed by atoms with E-state index in [4.69, 9.17) is 18.9 Å². The molecule has 1 N–H and O–H groups in total.